The van der Waals surface area contributed by atoms with Crippen LogP contribution >= 0.6 is 11.6 Å². The monoisotopic (exact) mass is 160 g/mol. The second-order valence-electron chi connectivity index (χ2n) is 2.95. The molecule has 0 bridgehead atoms. The van der Waals surface area contributed by atoms with Crippen molar-refractivity contribution in [2.24, 2.45) is 0 Å². The molecule has 1 aliphatic rings. The minimum Gasteiger partial charge on any atom is -0.373 e. The van der Waals surface area contributed by atoms with Crippen molar-refractivity contribution in [1.29, 1.82) is 0 Å². The molecule has 1 saturated heterocycles. The largest absolute Gasteiger partial charge is 0.373 e. The Bertz CT molecular complexity index is 134. The van der Waals surface area contributed by atoms with E-state index in [-0.39, 0.29) is 5.38 Å². The Morgan fingerprint density at radius 2 is 2.40 bits per heavy atom. The Morgan fingerprint density at radius 3 is 2.80 bits per heavy atom. The van der Waals surface area contributed by atoms with E-state index >= 15 is 0 Å². The van der Waals surface area contributed by atoms with Crippen LogP contribution in [0.2, 0.25) is 0 Å². The third-order valence-corrected chi connectivity index (χ3v) is 1.71. The molecule has 0 saturated carbocycles. The van der Waals surface area contributed by atoms with Gasteiger partial charge < -0.3 is 4.74 Å². The van der Waals surface area contributed by atoms with Gasteiger partial charge in [-0.1, -0.05) is 11.6 Å². The van der Waals surface area contributed by atoms with Gasteiger partial charge in [0.05, 0.1) is 18.1 Å². The van der Waals surface area contributed by atoms with Gasteiger partial charge in [-0.25, -0.2) is 0 Å². The summed E-state index contributed by atoms with van der Waals surface area (Å²) in [6.45, 7) is 5.02. The van der Waals surface area contributed by atoms with Gasteiger partial charge in [0, 0.05) is 0 Å². The fourth-order valence-corrected chi connectivity index (χ4v) is 1.34. The van der Waals surface area contributed by atoms with Gasteiger partial charge in [-0.2, -0.15) is 0 Å². The highest BCUT2D eigenvalue weighted by Gasteiger charge is 2.24. The number of rotatable bonds is 3. The highest BCUT2D eigenvalue weighted by Crippen LogP contribution is 2.20. The van der Waals surface area contributed by atoms with E-state index in [4.69, 9.17) is 16.3 Å². The smallest absolute Gasteiger partial charge is 0.0827 e. The summed E-state index contributed by atoms with van der Waals surface area (Å²) in [4.78, 5) is 0. The van der Waals surface area contributed by atoms with Crippen LogP contribution < -0.4 is 0 Å². The van der Waals surface area contributed by atoms with Crippen LogP contribution in [0.3, 0.4) is 0 Å². The summed E-state index contributed by atoms with van der Waals surface area (Å²) in [5, 5.41) is 0.164. The molecule has 0 amide bonds. The molecule has 1 fully saturated rings. The normalized spacial score (nSPS) is 25.7. The molecule has 0 aromatic heterocycles. The van der Waals surface area contributed by atoms with Crippen molar-refractivity contribution in [3.05, 3.63) is 11.6 Å². The van der Waals surface area contributed by atoms with E-state index in [1.807, 2.05) is 0 Å². The highest BCUT2D eigenvalue weighted by molar-refractivity contribution is 6.21. The molecule has 2 unspecified atom stereocenters. The molecule has 1 heterocycles. The van der Waals surface area contributed by atoms with Crippen molar-refractivity contribution >= 4 is 11.6 Å². The van der Waals surface area contributed by atoms with E-state index < -0.39 is 0 Å². The van der Waals surface area contributed by atoms with Gasteiger partial charge >= 0.3 is 0 Å². The van der Waals surface area contributed by atoms with Crippen molar-refractivity contribution in [1.82, 2.24) is 0 Å². The van der Waals surface area contributed by atoms with E-state index in [0.29, 0.717) is 6.10 Å². The third-order valence-electron chi connectivity index (χ3n) is 1.40. The van der Waals surface area contributed by atoms with Gasteiger partial charge in [0.2, 0.25) is 0 Å². The quantitative estimate of drug-likeness (QED) is 0.351. The number of hydrogen-bond acceptors (Lipinski definition) is 1. The first-order valence-electron chi connectivity index (χ1n) is 3.59. The molecule has 2 heteroatoms. The summed E-state index contributed by atoms with van der Waals surface area (Å²) < 4.78 is 5.05. The molecule has 0 N–H and O–H groups in total. The van der Waals surface area contributed by atoms with Crippen LogP contribution in [-0.2, 0) is 4.74 Å². The SMILES string of the molecule is CC(C)=CC(Cl)CC1CO1. The molecule has 1 aliphatic heterocycles. The van der Waals surface area contributed by atoms with Crippen LogP contribution in [0.5, 0.6) is 0 Å². The van der Waals surface area contributed by atoms with Crippen molar-refractivity contribution in [3.63, 3.8) is 0 Å². The van der Waals surface area contributed by atoms with Crippen LogP contribution in [-0.4, -0.2) is 18.1 Å². The molecule has 1 rings (SSSR count). The number of halogens is 1. The topological polar surface area (TPSA) is 12.5 Å². The summed E-state index contributed by atoms with van der Waals surface area (Å²) in [6.07, 6.45) is 3.48. The molecule has 10 heavy (non-hydrogen) atoms. The van der Waals surface area contributed by atoms with Crippen LogP contribution in [0, 0.1) is 0 Å². The molecule has 58 valence electrons. The second kappa shape index (κ2) is 3.40. The maximum Gasteiger partial charge on any atom is 0.0827 e. The highest BCUT2D eigenvalue weighted by atomic mass is 35.5. The van der Waals surface area contributed by atoms with Crippen molar-refractivity contribution in [2.45, 2.75) is 31.7 Å². The van der Waals surface area contributed by atoms with Gasteiger partial charge in [-0.15, -0.1) is 11.6 Å². The zero-order valence-electron chi connectivity index (χ0n) is 6.43. The van der Waals surface area contributed by atoms with Gasteiger partial charge in [0.15, 0.2) is 0 Å². The lowest BCUT2D eigenvalue weighted by Crippen LogP contribution is -1.99. The van der Waals surface area contributed by atoms with Crippen LogP contribution in [0.4, 0.5) is 0 Å². The summed E-state index contributed by atoms with van der Waals surface area (Å²) >= 11 is 5.95. The maximum absolute atomic E-state index is 5.95. The van der Waals surface area contributed by atoms with Crippen molar-refractivity contribution in [2.75, 3.05) is 6.61 Å². The number of allylic oxidation sites excluding steroid dienone is 2. The Kier molecular flexibility index (Phi) is 2.75. The molecule has 2 atom stereocenters. The zero-order chi connectivity index (χ0) is 7.56. The Labute approximate surface area is 67.0 Å². The first-order chi connectivity index (χ1) is 4.68. The predicted octanol–water partition coefficient (Wildman–Crippen LogP) is 2.35. The summed E-state index contributed by atoms with van der Waals surface area (Å²) in [5.74, 6) is 0. The molecular weight excluding hydrogens is 148 g/mol. The maximum atomic E-state index is 5.95. The van der Waals surface area contributed by atoms with Crippen LogP contribution in [0.15, 0.2) is 11.6 Å². The van der Waals surface area contributed by atoms with Gasteiger partial charge in [0.25, 0.3) is 0 Å². The fraction of sp³-hybridized carbons (Fsp3) is 0.750. The van der Waals surface area contributed by atoms with Crippen molar-refractivity contribution in [3.8, 4) is 0 Å². The number of epoxide rings is 1. The molecule has 1 nitrogen and oxygen atoms in total. The molecule has 0 aromatic rings. The van der Waals surface area contributed by atoms with Gasteiger partial charge in [-0.05, 0) is 20.3 Å². The van der Waals surface area contributed by atoms with E-state index in [1.165, 1.54) is 5.57 Å². The third kappa shape index (κ3) is 3.23. The average Bonchev–Trinajstić information content (AvgIpc) is 2.46. The van der Waals surface area contributed by atoms with Crippen LogP contribution in [0.25, 0.3) is 0 Å². The zero-order valence-corrected chi connectivity index (χ0v) is 7.19. The molecule has 0 aromatic carbocycles. The number of hydrogen-bond donors (Lipinski definition) is 0. The molecule has 0 aliphatic carbocycles. The van der Waals surface area contributed by atoms with Crippen LogP contribution in [0.1, 0.15) is 20.3 Å². The Hall–Kier alpha value is -0.0100. The lowest BCUT2D eigenvalue weighted by atomic mass is 10.2. The standard InChI is InChI=1S/C8H13ClO/c1-6(2)3-7(9)4-8-5-10-8/h3,7-8H,4-5H2,1-2H3. The average molecular weight is 161 g/mol. The fourth-order valence-electron chi connectivity index (χ4n) is 0.885. The second-order valence-corrected chi connectivity index (χ2v) is 3.51. The first-order valence-corrected chi connectivity index (χ1v) is 4.03. The molecular formula is C8H13ClO. The molecule has 0 radical (unpaired) electrons. The first kappa shape index (κ1) is 8.09. The molecule has 0 spiro atoms. The van der Waals surface area contributed by atoms with Gasteiger partial charge in [-0.3, -0.25) is 0 Å². The van der Waals surface area contributed by atoms with Gasteiger partial charge in [0.1, 0.15) is 0 Å². The van der Waals surface area contributed by atoms with Crippen molar-refractivity contribution < 1.29 is 4.74 Å². The lowest BCUT2D eigenvalue weighted by Gasteiger charge is -2.00. The van der Waals surface area contributed by atoms with E-state index in [0.717, 1.165) is 13.0 Å². The minimum absolute atomic E-state index is 0.164. The van der Waals surface area contributed by atoms with E-state index in [9.17, 15) is 0 Å². The van der Waals surface area contributed by atoms with E-state index in [1.54, 1.807) is 0 Å². The number of ether oxygens (including phenoxy) is 1. The summed E-state index contributed by atoms with van der Waals surface area (Å²) in [7, 11) is 0. The summed E-state index contributed by atoms with van der Waals surface area (Å²) in [5.41, 5.74) is 1.28. The summed E-state index contributed by atoms with van der Waals surface area (Å²) in [6, 6.07) is 0. The Morgan fingerprint density at radius 1 is 1.80 bits per heavy atom. The predicted molar refractivity (Wildman–Crippen MR) is 43.4 cm³/mol. The van der Waals surface area contributed by atoms with E-state index in [2.05, 4.69) is 19.9 Å². The number of alkyl halides is 1. The lowest BCUT2D eigenvalue weighted by molar-refractivity contribution is 0.399. The minimum atomic E-state index is 0.164. The Balaban J connectivity index is 2.19.